The topological polar surface area (TPSA) is 179 Å². The van der Waals surface area contributed by atoms with Gasteiger partial charge >= 0.3 is 0 Å². The summed E-state index contributed by atoms with van der Waals surface area (Å²) in [4.78, 5) is 0. The Kier molecular flexibility index (Phi) is 10.5. The van der Waals surface area contributed by atoms with E-state index in [0.717, 1.165) is 0 Å². The van der Waals surface area contributed by atoms with Gasteiger partial charge in [0.2, 0.25) is 0 Å². The van der Waals surface area contributed by atoms with E-state index in [0.29, 0.717) is 6.42 Å². The van der Waals surface area contributed by atoms with E-state index in [2.05, 4.69) is 23.7 Å². The molecule has 2 fully saturated rings. The Balaban J connectivity index is 1.98. The van der Waals surface area contributed by atoms with E-state index in [-0.39, 0.29) is 19.8 Å². The summed E-state index contributed by atoms with van der Waals surface area (Å²) in [7, 11) is 0. The number of aliphatic hydroxyl groups excluding tert-OH is 6. The van der Waals surface area contributed by atoms with Crippen LogP contribution in [0.3, 0.4) is 0 Å². The van der Waals surface area contributed by atoms with Gasteiger partial charge in [-0.2, -0.15) is 0 Å². The van der Waals surface area contributed by atoms with Gasteiger partial charge in [-0.3, -0.25) is 0 Å². The van der Waals surface area contributed by atoms with E-state index in [1.807, 2.05) is 0 Å². The summed E-state index contributed by atoms with van der Waals surface area (Å²) in [6.07, 6.45) is -7.44. The van der Waals surface area contributed by atoms with Gasteiger partial charge in [-0.15, -0.1) is 0 Å². The molecule has 0 aliphatic carbocycles. The van der Waals surface area contributed by atoms with Crippen molar-refractivity contribution in [1.29, 1.82) is 0 Å². The molecule has 11 heteroatoms. The second-order valence-electron chi connectivity index (χ2n) is 7.39. The van der Waals surface area contributed by atoms with Crippen molar-refractivity contribution in [3.05, 3.63) is 12.2 Å². The van der Waals surface area contributed by atoms with Crippen LogP contribution < -0.4 is 0 Å². The Hall–Kier alpha value is -1.58. The van der Waals surface area contributed by atoms with E-state index in [1.54, 1.807) is 6.92 Å². The molecular formula is C21H30O11. The smallest absolute Gasteiger partial charge is 0.188 e. The fourth-order valence-corrected chi connectivity index (χ4v) is 2.99. The van der Waals surface area contributed by atoms with Crippen LogP contribution in [0.1, 0.15) is 13.3 Å². The van der Waals surface area contributed by atoms with Gasteiger partial charge in [-0.05, 0) is 24.3 Å². The molecule has 9 atom stereocenters. The van der Waals surface area contributed by atoms with Crippen molar-refractivity contribution < 1.29 is 54.7 Å². The maximum Gasteiger partial charge on any atom is 0.188 e. The Morgan fingerprint density at radius 3 is 2.47 bits per heavy atom. The minimum absolute atomic E-state index is 0.132. The molecule has 2 aliphatic rings. The molecule has 0 saturated carbocycles. The average Bonchev–Trinajstić information content (AvgIpc) is 3.08. The van der Waals surface area contributed by atoms with E-state index >= 15 is 0 Å². The zero-order valence-corrected chi connectivity index (χ0v) is 17.6. The molecule has 0 unspecified atom stereocenters. The SMILES string of the molecule is CC[C@@H](C#CC#C/C=C\CO)O[C@@H]1O[C@H](CO[C@@H]2OC[C@](O)(CO)[C@H]2O)[C@@H](O)[C@H](O)[C@H]1O. The number of ether oxygens (including phenoxy) is 4. The van der Waals surface area contributed by atoms with Crippen molar-refractivity contribution in [3.8, 4) is 23.7 Å². The molecule has 0 spiro atoms. The Morgan fingerprint density at radius 2 is 1.84 bits per heavy atom. The van der Waals surface area contributed by atoms with Gasteiger partial charge in [0.1, 0.15) is 42.2 Å². The van der Waals surface area contributed by atoms with Gasteiger partial charge in [0, 0.05) is 0 Å². The van der Waals surface area contributed by atoms with Crippen molar-refractivity contribution >= 4 is 0 Å². The number of hydrogen-bond acceptors (Lipinski definition) is 11. The summed E-state index contributed by atoms with van der Waals surface area (Å²) in [5.74, 6) is 10.5. The number of aliphatic hydroxyl groups is 7. The molecule has 0 radical (unpaired) electrons. The molecule has 0 aromatic heterocycles. The highest BCUT2D eigenvalue weighted by Crippen LogP contribution is 2.28. The average molecular weight is 458 g/mol. The zero-order chi connectivity index (χ0) is 23.7. The first-order valence-electron chi connectivity index (χ1n) is 10.1. The third-order valence-corrected chi connectivity index (χ3v) is 5.02. The van der Waals surface area contributed by atoms with Crippen LogP contribution in [0.25, 0.3) is 0 Å². The predicted molar refractivity (Wildman–Crippen MR) is 107 cm³/mol. The summed E-state index contributed by atoms with van der Waals surface area (Å²) >= 11 is 0. The monoisotopic (exact) mass is 458 g/mol. The van der Waals surface area contributed by atoms with Crippen molar-refractivity contribution in [2.24, 2.45) is 0 Å². The Labute approximate surface area is 185 Å². The molecule has 0 aromatic carbocycles. The fourth-order valence-electron chi connectivity index (χ4n) is 2.99. The molecule has 7 N–H and O–H groups in total. The normalized spacial score (nSPS) is 38.1. The van der Waals surface area contributed by atoms with E-state index in [1.165, 1.54) is 12.2 Å². The number of hydrogen-bond donors (Lipinski definition) is 7. The highest BCUT2D eigenvalue weighted by atomic mass is 16.7. The van der Waals surface area contributed by atoms with Crippen LogP contribution in [-0.4, -0.2) is 117 Å². The van der Waals surface area contributed by atoms with Crippen LogP contribution in [0.2, 0.25) is 0 Å². The Morgan fingerprint density at radius 1 is 1.09 bits per heavy atom. The lowest BCUT2D eigenvalue weighted by Crippen LogP contribution is -2.60. The second-order valence-corrected chi connectivity index (χ2v) is 7.39. The molecule has 0 bridgehead atoms. The molecule has 2 heterocycles. The van der Waals surface area contributed by atoms with Gasteiger partial charge in [-0.25, -0.2) is 0 Å². The lowest BCUT2D eigenvalue weighted by atomic mass is 9.99. The summed E-state index contributed by atoms with van der Waals surface area (Å²) in [5.41, 5.74) is -1.87. The molecular weight excluding hydrogens is 428 g/mol. The summed E-state index contributed by atoms with van der Waals surface area (Å²) in [6, 6.07) is 0. The standard InChI is InChI=1S/C21H30O11/c1-2-13(8-6-4-3-5-7-9-22)31-19-17(26)16(25)15(24)14(32-19)10-29-20-18(27)21(28,11-23)12-30-20/h5,7,13-20,22-28H,2,9-12H2,1H3/b7-5-/t13-,14+,15+,16-,17+,18-,19+,20+,21+/m0/s1. The van der Waals surface area contributed by atoms with Gasteiger partial charge in [0.05, 0.1) is 26.4 Å². The number of allylic oxidation sites excluding steroid dienone is 1. The molecule has 0 aromatic rings. The van der Waals surface area contributed by atoms with Crippen molar-refractivity contribution in [2.75, 3.05) is 26.4 Å². The highest BCUT2D eigenvalue weighted by Gasteiger charge is 2.50. The third-order valence-electron chi connectivity index (χ3n) is 5.02. The van der Waals surface area contributed by atoms with E-state index < -0.39 is 61.4 Å². The van der Waals surface area contributed by atoms with Crippen LogP contribution in [0.4, 0.5) is 0 Å². The third kappa shape index (κ3) is 6.71. The second kappa shape index (κ2) is 12.6. The van der Waals surface area contributed by atoms with Gasteiger partial charge < -0.3 is 54.7 Å². The first-order chi connectivity index (χ1) is 15.3. The fraction of sp³-hybridized carbons (Fsp3) is 0.714. The van der Waals surface area contributed by atoms with Crippen LogP contribution in [0, 0.1) is 23.7 Å². The van der Waals surface area contributed by atoms with Gasteiger partial charge in [0.25, 0.3) is 0 Å². The Bertz CT molecular complexity index is 735. The quantitative estimate of drug-likeness (QED) is 0.180. The van der Waals surface area contributed by atoms with Crippen LogP contribution >= 0.6 is 0 Å². The first kappa shape index (κ1) is 26.7. The lowest BCUT2D eigenvalue weighted by molar-refractivity contribution is -0.314. The van der Waals surface area contributed by atoms with Gasteiger partial charge in [-0.1, -0.05) is 24.8 Å². The first-order valence-corrected chi connectivity index (χ1v) is 10.1. The highest BCUT2D eigenvalue weighted by molar-refractivity contribution is 5.31. The van der Waals surface area contributed by atoms with Crippen LogP contribution in [-0.2, 0) is 18.9 Å². The maximum absolute atomic E-state index is 10.2. The number of rotatable bonds is 8. The summed E-state index contributed by atoms with van der Waals surface area (Å²) in [6.45, 7) is 0.178. The molecule has 0 amide bonds. The summed E-state index contributed by atoms with van der Waals surface area (Å²) in [5, 5.41) is 68.4. The zero-order valence-electron chi connectivity index (χ0n) is 17.6. The van der Waals surface area contributed by atoms with Crippen molar-refractivity contribution in [1.82, 2.24) is 0 Å². The molecule has 32 heavy (non-hydrogen) atoms. The minimum atomic E-state index is -1.87. The maximum atomic E-state index is 10.2. The van der Waals surface area contributed by atoms with E-state index in [9.17, 15) is 30.6 Å². The van der Waals surface area contributed by atoms with Crippen molar-refractivity contribution in [2.45, 2.75) is 68.1 Å². The lowest BCUT2D eigenvalue weighted by Gasteiger charge is -2.41. The largest absolute Gasteiger partial charge is 0.393 e. The molecule has 2 saturated heterocycles. The van der Waals surface area contributed by atoms with E-state index in [4.69, 9.17) is 24.1 Å². The van der Waals surface area contributed by atoms with Gasteiger partial charge in [0.15, 0.2) is 12.6 Å². The summed E-state index contributed by atoms with van der Waals surface area (Å²) < 4.78 is 21.6. The van der Waals surface area contributed by atoms with Crippen molar-refractivity contribution in [3.63, 3.8) is 0 Å². The molecule has 2 rings (SSSR count). The van der Waals surface area contributed by atoms with Crippen LogP contribution in [0.5, 0.6) is 0 Å². The predicted octanol–water partition coefficient (Wildman–Crippen LogP) is -3.40. The molecule has 2 aliphatic heterocycles. The molecule has 180 valence electrons. The van der Waals surface area contributed by atoms with Crippen LogP contribution in [0.15, 0.2) is 12.2 Å². The minimum Gasteiger partial charge on any atom is -0.393 e. The molecule has 11 nitrogen and oxygen atoms in total.